The first-order valence-electron chi connectivity index (χ1n) is 7.46. The topological polar surface area (TPSA) is 51.0 Å². The average Bonchev–Trinajstić information content (AvgIpc) is 3.03. The molecule has 2 unspecified atom stereocenters. The first kappa shape index (κ1) is 12.6. The highest BCUT2D eigenvalue weighted by molar-refractivity contribution is 5.77. The summed E-state index contributed by atoms with van der Waals surface area (Å²) in [6, 6.07) is 1.21. The normalized spacial score (nSPS) is 29.7. The molecule has 5 nitrogen and oxygen atoms in total. The number of aromatic nitrogens is 3. The molecule has 2 fully saturated rings. The molecule has 2 aliphatic rings. The molecule has 0 aromatic carbocycles. The van der Waals surface area contributed by atoms with Crippen LogP contribution in [0.3, 0.4) is 0 Å². The summed E-state index contributed by atoms with van der Waals surface area (Å²) in [6.45, 7) is 2.14. The summed E-state index contributed by atoms with van der Waals surface area (Å²) >= 11 is 0. The summed E-state index contributed by atoms with van der Waals surface area (Å²) in [4.78, 5) is 16.3. The minimum atomic E-state index is 0.362. The summed E-state index contributed by atoms with van der Waals surface area (Å²) in [5, 5.41) is 8.52. The van der Waals surface area contributed by atoms with E-state index < -0.39 is 0 Å². The zero-order valence-electron chi connectivity index (χ0n) is 11.5. The standard InChI is InChI=1S/C14H22N4O/c1-2-3-4-14(19)17-11-5-6-12(17)10-13(9-11)18-15-7-8-16-18/h7-8,11-13H,2-6,9-10H2,1H3. The van der Waals surface area contributed by atoms with Crippen molar-refractivity contribution in [3.8, 4) is 0 Å². The van der Waals surface area contributed by atoms with E-state index >= 15 is 0 Å². The maximum Gasteiger partial charge on any atom is 0.223 e. The highest BCUT2D eigenvalue weighted by Gasteiger charge is 2.43. The Bertz CT molecular complexity index is 417. The lowest BCUT2D eigenvalue weighted by Crippen LogP contribution is -2.47. The molecule has 1 amide bonds. The molecule has 2 atom stereocenters. The fourth-order valence-electron chi connectivity index (χ4n) is 3.62. The molecular weight excluding hydrogens is 240 g/mol. The van der Waals surface area contributed by atoms with Crippen LogP contribution in [-0.4, -0.2) is 37.9 Å². The number of rotatable bonds is 4. The van der Waals surface area contributed by atoms with Crippen molar-refractivity contribution in [2.45, 2.75) is 70.0 Å². The van der Waals surface area contributed by atoms with Crippen molar-refractivity contribution in [2.75, 3.05) is 0 Å². The van der Waals surface area contributed by atoms with Gasteiger partial charge in [-0.2, -0.15) is 15.0 Å². The number of fused-ring (bicyclic) bond motifs is 2. The van der Waals surface area contributed by atoms with Crippen LogP contribution in [0.5, 0.6) is 0 Å². The van der Waals surface area contributed by atoms with E-state index in [0.717, 1.165) is 38.5 Å². The van der Waals surface area contributed by atoms with Gasteiger partial charge in [-0.25, -0.2) is 0 Å². The van der Waals surface area contributed by atoms with Crippen molar-refractivity contribution in [1.29, 1.82) is 0 Å². The second kappa shape index (κ2) is 5.31. The number of carbonyl (C=O) groups is 1. The Morgan fingerprint density at radius 1 is 1.16 bits per heavy atom. The maximum absolute atomic E-state index is 12.3. The molecule has 2 saturated heterocycles. The molecule has 5 heteroatoms. The minimum Gasteiger partial charge on any atom is -0.337 e. The van der Waals surface area contributed by atoms with Gasteiger partial charge in [0.15, 0.2) is 0 Å². The lowest BCUT2D eigenvalue weighted by Gasteiger charge is -2.38. The van der Waals surface area contributed by atoms with Crippen LogP contribution in [0, 0.1) is 0 Å². The lowest BCUT2D eigenvalue weighted by atomic mass is 9.97. The van der Waals surface area contributed by atoms with Crippen molar-refractivity contribution in [3.05, 3.63) is 12.4 Å². The molecule has 1 aromatic heterocycles. The molecule has 19 heavy (non-hydrogen) atoms. The van der Waals surface area contributed by atoms with Crippen molar-refractivity contribution in [3.63, 3.8) is 0 Å². The van der Waals surface area contributed by atoms with E-state index in [0.29, 0.717) is 30.5 Å². The van der Waals surface area contributed by atoms with Gasteiger partial charge in [-0.1, -0.05) is 13.3 Å². The van der Waals surface area contributed by atoms with Gasteiger partial charge in [-0.15, -0.1) is 0 Å². The Labute approximate surface area is 114 Å². The van der Waals surface area contributed by atoms with Crippen LogP contribution in [0.2, 0.25) is 0 Å². The van der Waals surface area contributed by atoms with E-state index in [1.165, 1.54) is 0 Å². The molecule has 1 aromatic rings. The molecule has 2 aliphatic heterocycles. The molecular formula is C14H22N4O. The summed E-state index contributed by atoms with van der Waals surface area (Å²) < 4.78 is 0. The fourth-order valence-corrected chi connectivity index (χ4v) is 3.62. The first-order chi connectivity index (χ1) is 9.29. The van der Waals surface area contributed by atoms with Gasteiger partial charge in [-0.3, -0.25) is 4.79 Å². The van der Waals surface area contributed by atoms with E-state index in [4.69, 9.17) is 0 Å². The quantitative estimate of drug-likeness (QED) is 0.835. The molecule has 0 spiro atoms. The highest BCUT2D eigenvalue weighted by atomic mass is 16.2. The zero-order chi connectivity index (χ0) is 13.2. The third kappa shape index (κ3) is 2.38. The van der Waals surface area contributed by atoms with Gasteiger partial charge in [-0.05, 0) is 32.1 Å². The van der Waals surface area contributed by atoms with E-state index in [1.807, 2.05) is 4.80 Å². The maximum atomic E-state index is 12.3. The third-order valence-corrected chi connectivity index (χ3v) is 4.50. The minimum absolute atomic E-state index is 0.362. The fraction of sp³-hybridized carbons (Fsp3) is 0.786. The molecule has 3 heterocycles. The van der Waals surface area contributed by atoms with Crippen LogP contribution in [0.15, 0.2) is 12.4 Å². The van der Waals surface area contributed by atoms with Crippen LogP contribution >= 0.6 is 0 Å². The molecule has 104 valence electrons. The molecule has 0 saturated carbocycles. The van der Waals surface area contributed by atoms with Crippen LogP contribution in [0.25, 0.3) is 0 Å². The van der Waals surface area contributed by atoms with E-state index in [9.17, 15) is 4.79 Å². The smallest absolute Gasteiger partial charge is 0.223 e. The number of piperidine rings is 1. The summed E-state index contributed by atoms with van der Waals surface area (Å²) in [5.74, 6) is 0.362. The van der Waals surface area contributed by atoms with Crippen LogP contribution in [0.4, 0.5) is 0 Å². The first-order valence-corrected chi connectivity index (χ1v) is 7.46. The van der Waals surface area contributed by atoms with Crippen molar-refractivity contribution >= 4 is 5.91 Å². The molecule has 0 N–H and O–H groups in total. The Hall–Kier alpha value is -1.39. The summed E-state index contributed by atoms with van der Waals surface area (Å²) in [7, 11) is 0. The van der Waals surface area contributed by atoms with Crippen molar-refractivity contribution < 1.29 is 4.79 Å². The number of amides is 1. The van der Waals surface area contributed by atoms with E-state index in [1.54, 1.807) is 12.4 Å². The monoisotopic (exact) mass is 262 g/mol. The highest BCUT2D eigenvalue weighted by Crippen LogP contribution is 2.40. The Morgan fingerprint density at radius 2 is 1.79 bits per heavy atom. The van der Waals surface area contributed by atoms with Crippen LogP contribution in [0.1, 0.15) is 57.9 Å². The molecule has 3 rings (SSSR count). The second-order valence-electron chi connectivity index (χ2n) is 5.76. The van der Waals surface area contributed by atoms with Gasteiger partial charge in [0.2, 0.25) is 5.91 Å². The summed E-state index contributed by atoms with van der Waals surface area (Å²) in [6.07, 6.45) is 10.6. The van der Waals surface area contributed by atoms with Crippen LogP contribution in [-0.2, 0) is 4.79 Å². The van der Waals surface area contributed by atoms with Gasteiger partial charge in [0, 0.05) is 18.5 Å². The largest absolute Gasteiger partial charge is 0.337 e. The third-order valence-electron chi connectivity index (χ3n) is 4.50. The summed E-state index contributed by atoms with van der Waals surface area (Å²) in [5.41, 5.74) is 0. The SMILES string of the molecule is CCCCC(=O)N1C2CCC1CC(n1nccn1)C2. The van der Waals surface area contributed by atoms with E-state index in [2.05, 4.69) is 22.0 Å². The zero-order valence-corrected chi connectivity index (χ0v) is 11.5. The predicted molar refractivity (Wildman–Crippen MR) is 71.5 cm³/mol. The Kier molecular flexibility index (Phi) is 3.53. The molecule has 0 aliphatic carbocycles. The number of unbranched alkanes of at least 4 members (excludes halogenated alkanes) is 1. The average molecular weight is 262 g/mol. The number of nitrogens with zero attached hydrogens (tertiary/aromatic N) is 4. The lowest BCUT2D eigenvalue weighted by molar-refractivity contribution is -0.136. The molecule has 0 radical (unpaired) electrons. The second-order valence-corrected chi connectivity index (χ2v) is 5.76. The Balaban J connectivity index is 1.67. The van der Waals surface area contributed by atoms with E-state index in [-0.39, 0.29) is 0 Å². The van der Waals surface area contributed by atoms with Gasteiger partial charge < -0.3 is 4.90 Å². The van der Waals surface area contributed by atoms with Gasteiger partial charge in [0.05, 0.1) is 18.4 Å². The van der Waals surface area contributed by atoms with Gasteiger partial charge in [0.25, 0.3) is 0 Å². The predicted octanol–water partition coefficient (Wildman–Crippen LogP) is 2.16. The molecule has 2 bridgehead atoms. The van der Waals surface area contributed by atoms with Crippen molar-refractivity contribution in [2.24, 2.45) is 0 Å². The number of carbonyl (C=O) groups excluding carboxylic acids is 1. The number of hydrogen-bond donors (Lipinski definition) is 0. The van der Waals surface area contributed by atoms with Crippen molar-refractivity contribution in [1.82, 2.24) is 19.9 Å². The van der Waals surface area contributed by atoms with Gasteiger partial charge in [0.1, 0.15) is 0 Å². The van der Waals surface area contributed by atoms with Gasteiger partial charge >= 0.3 is 0 Å². The van der Waals surface area contributed by atoms with Crippen LogP contribution < -0.4 is 0 Å². The number of hydrogen-bond acceptors (Lipinski definition) is 3. The Morgan fingerprint density at radius 3 is 2.37 bits per heavy atom.